The average Bonchev–Trinajstić information content (AvgIpc) is 2.89. The maximum absolute atomic E-state index is 13.8. The molecule has 1 heterocycles. The maximum atomic E-state index is 13.8. The number of hydrogen-bond donors (Lipinski definition) is 1. The predicted molar refractivity (Wildman–Crippen MR) is 162 cm³/mol. The van der Waals surface area contributed by atoms with E-state index in [-0.39, 0.29) is 34.8 Å². The van der Waals surface area contributed by atoms with Gasteiger partial charge in [-0.2, -0.15) is 0 Å². The van der Waals surface area contributed by atoms with Crippen molar-refractivity contribution in [3.63, 3.8) is 0 Å². The predicted octanol–water partition coefficient (Wildman–Crippen LogP) is 7.38. The molecule has 0 amide bonds. The van der Waals surface area contributed by atoms with E-state index in [2.05, 4.69) is 46.9 Å². The van der Waals surface area contributed by atoms with Crippen molar-refractivity contribution in [1.82, 2.24) is 0 Å². The van der Waals surface area contributed by atoms with Crippen LogP contribution in [0.25, 0.3) is 0 Å². The first-order valence-electron chi connectivity index (χ1n) is 14.1. The number of ether oxygens (including phenoxy) is 2. The van der Waals surface area contributed by atoms with Gasteiger partial charge in [-0.15, -0.1) is 0 Å². The van der Waals surface area contributed by atoms with E-state index in [4.69, 9.17) is 19.0 Å². The normalized spacial score (nSPS) is 21.2. The topological polar surface area (TPSA) is 99.1 Å². The van der Waals surface area contributed by atoms with E-state index >= 15 is 0 Å². The Morgan fingerprint density at radius 3 is 2.44 bits per heavy atom. The molecule has 0 saturated carbocycles. The number of carboxylic acids is 1. The summed E-state index contributed by atoms with van der Waals surface area (Å²) in [6, 6.07) is 13.7. The largest absolute Gasteiger partial charge is 0.478 e. The van der Waals surface area contributed by atoms with E-state index in [9.17, 15) is 14.4 Å². The molecule has 1 aliphatic rings. The zero-order valence-corrected chi connectivity index (χ0v) is 25.9. The molecule has 3 atom stereocenters. The van der Waals surface area contributed by atoms with E-state index in [0.29, 0.717) is 24.0 Å². The molecule has 0 radical (unpaired) electrons. The van der Waals surface area contributed by atoms with Crippen molar-refractivity contribution in [3.8, 4) is 5.75 Å². The summed E-state index contributed by atoms with van der Waals surface area (Å²) < 4.78 is 18.6. The lowest BCUT2D eigenvalue weighted by Crippen LogP contribution is -2.46. The van der Waals surface area contributed by atoms with Crippen molar-refractivity contribution in [2.24, 2.45) is 5.92 Å². The fraction of sp³-hybridized carbons (Fsp3) is 0.424. The third-order valence-corrected chi connectivity index (χ3v) is 12.4. The van der Waals surface area contributed by atoms with E-state index in [1.807, 2.05) is 12.1 Å². The summed E-state index contributed by atoms with van der Waals surface area (Å²) in [5.41, 5.74) is 1.22. The SMILES string of the molecule is C[C@H]1C/C=C/Cc2cccc(OC(=O)c3ccccc3)c2C(=O)OC(C/C=C/C(=O)O)C[C@H]1O[Si](C)(C)C(C)(C)C. The summed E-state index contributed by atoms with van der Waals surface area (Å²) in [6.45, 7) is 13.1. The fourth-order valence-corrected chi connectivity index (χ4v) is 5.84. The van der Waals surface area contributed by atoms with Crippen LogP contribution in [0, 0.1) is 5.92 Å². The molecule has 0 fully saturated rings. The molecule has 2 aromatic carbocycles. The molecule has 0 bridgehead atoms. The Hall–Kier alpha value is -3.49. The van der Waals surface area contributed by atoms with Gasteiger partial charge in [0.1, 0.15) is 17.4 Å². The van der Waals surface area contributed by atoms with Crippen LogP contribution in [-0.4, -0.2) is 43.5 Å². The molecule has 0 saturated heterocycles. The molecule has 1 aliphatic heterocycles. The van der Waals surface area contributed by atoms with E-state index in [1.165, 1.54) is 6.08 Å². The summed E-state index contributed by atoms with van der Waals surface area (Å²) in [6.07, 6.45) is 7.65. The number of carboxylic acid groups (broad SMARTS) is 1. The minimum absolute atomic E-state index is 0.0158. The molecule has 41 heavy (non-hydrogen) atoms. The van der Waals surface area contributed by atoms with Crippen LogP contribution in [0.2, 0.25) is 18.1 Å². The number of hydrogen-bond acceptors (Lipinski definition) is 6. The van der Waals surface area contributed by atoms with Crippen molar-refractivity contribution in [3.05, 3.63) is 89.5 Å². The second-order valence-electron chi connectivity index (χ2n) is 12.1. The van der Waals surface area contributed by atoms with Crippen molar-refractivity contribution >= 4 is 26.2 Å². The van der Waals surface area contributed by atoms with Gasteiger partial charge in [-0.25, -0.2) is 14.4 Å². The monoisotopic (exact) mass is 578 g/mol. The molecule has 0 aliphatic carbocycles. The molecule has 3 rings (SSSR count). The van der Waals surface area contributed by atoms with Crippen molar-refractivity contribution in [1.29, 1.82) is 0 Å². The Morgan fingerprint density at radius 1 is 1.07 bits per heavy atom. The molecular weight excluding hydrogens is 536 g/mol. The summed E-state index contributed by atoms with van der Waals surface area (Å²) >= 11 is 0. The standard InChI is InChI=1S/C33H42O7Si/c1-23-14-10-11-15-24-18-12-20-27(39-31(36)25-16-8-7-9-17-25)30(24)32(37)38-26(19-13-21-29(34)35)22-28(23)40-41(5,6)33(2,3)4/h7-13,16-18,20-21,23,26,28H,14-15,19,22H2,1-6H3,(H,34,35)/b11-10+,21-13+/t23-,26?,28+/m0/s1. The molecule has 0 aromatic heterocycles. The minimum Gasteiger partial charge on any atom is -0.478 e. The Kier molecular flexibility index (Phi) is 10.9. The lowest BCUT2D eigenvalue weighted by molar-refractivity contribution is -0.131. The maximum Gasteiger partial charge on any atom is 0.343 e. The van der Waals surface area contributed by atoms with Crippen molar-refractivity contribution in [2.75, 3.05) is 0 Å². The number of esters is 2. The number of carbonyl (C=O) groups is 3. The highest BCUT2D eigenvalue weighted by Gasteiger charge is 2.41. The van der Waals surface area contributed by atoms with E-state index < -0.39 is 32.3 Å². The lowest BCUT2D eigenvalue weighted by Gasteiger charge is -2.41. The van der Waals surface area contributed by atoms with Crippen LogP contribution in [-0.2, 0) is 20.4 Å². The number of allylic oxidation sites excluding steroid dienone is 2. The number of benzene rings is 2. The number of rotatable bonds is 7. The number of fused-ring (bicyclic) bond motifs is 1. The second-order valence-corrected chi connectivity index (χ2v) is 16.8. The van der Waals surface area contributed by atoms with Crippen molar-refractivity contribution < 1.29 is 33.4 Å². The molecular formula is C33H42O7Si. The van der Waals surface area contributed by atoms with Crippen LogP contribution in [0.4, 0.5) is 0 Å². The summed E-state index contributed by atoms with van der Waals surface area (Å²) in [7, 11) is -2.17. The Bertz CT molecular complexity index is 1270. The summed E-state index contributed by atoms with van der Waals surface area (Å²) in [5.74, 6) is -2.02. The zero-order chi connectivity index (χ0) is 30.2. The third kappa shape index (κ3) is 9.00. The molecule has 0 spiro atoms. The van der Waals surface area contributed by atoms with E-state index in [1.54, 1.807) is 42.5 Å². The summed E-state index contributed by atoms with van der Waals surface area (Å²) in [4.78, 5) is 37.9. The van der Waals surface area contributed by atoms with Gasteiger partial charge in [-0.1, -0.05) is 76.3 Å². The highest BCUT2D eigenvalue weighted by molar-refractivity contribution is 6.74. The van der Waals surface area contributed by atoms with Gasteiger partial charge in [0.05, 0.1) is 11.7 Å². The molecule has 1 N–H and O–H groups in total. The van der Waals surface area contributed by atoms with Gasteiger partial charge >= 0.3 is 17.9 Å². The number of cyclic esters (lactones) is 1. The van der Waals surface area contributed by atoms with Crippen molar-refractivity contribution in [2.45, 2.75) is 83.7 Å². The summed E-state index contributed by atoms with van der Waals surface area (Å²) in [5, 5.41) is 9.14. The van der Waals surface area contributed by atoms with Crippen LogP contribution in [0.15, 0.2) is 72.8 Å². The second kappa shape index (κ2) is 13.9. The first-order chi connectivity index (χ1) is 19.3. The van der Waals surface area contributed by atoms with Gasteiger partial charge in [0.2, 0.25) is 0 Å². The van der Waals surface area contributed by atoms with Crippen LogP contribution >= 0.6 is 0 Å². The van der Waals surface area contributed by atoms with Gasteiger partial charge in [0.25, 0.3) is 0 Å². The van der Waals surface area contributed by atoms with Gasteiger partial charge < -0.3 is 19.0 Å². The molecule has 8 heteroatoms. The Balaban J connectivity index is 2.00. The average molecular weight is 579 g/mol. The first-order valence-corrected chi connectivity index (χ1v) is 17.0. The van der Waals surface area contributed by atoms with Crippen LogP contribution < -0.4 is 4.74 Å². The quantitative estimate of drug-likeness (QED) is 0.120. The highest BCUT2D eigenvalue weighted by atomic mass is 28.4. The van der Waals surface area contributed by atoms with Crippen LogP contribution in [0.1, 0.15) is 73.2 Å². The van der Waals surface area contributed by atoms with Gasteiger partial charge in [0, 0.05) is 18.9 Å². The highest BCUT2D eigenvalue weighted by Crippen LogP contribution is 2.39. The number of aliphatic carboxylic acids is 1. The Morgan fingerprint density at radius 2 is 1.78 bits per heavy atom. The van der Waals surface area contributed by atoms with Gasteiger partial charge in [-0.05, 0) is 60.7 Å². The smallest absolute Gasteiger partial charge is 0.343 e. The minimum atomic E-state index is -2.17. The number of carbonyl (C=O) groups excluding carboxylic acids is 2. The van der Waals surface area contributed by atoms with Crippen LogP contribution in [0.5, 0.6) is 5.75 Å². The zero-order valence-electron chi connectivity index (χ0n) is 24.9. The van der Waals surface area contributed by atoms with Crippen LogP contribution in [0.3, 0.4) is 0 Å². The lowest BCUT2D eigenvalue weighted by atomic mass is 9.93. The fourth-order valence-electron chi connectivity index (χ4n) is 4.40. The van der Waals surface area contributed by atoms with Gasteiger partial charge in [0.15, 0.2) is 8.32 Å². The molecule has 220 valence electrons. The van der Waals surface area contributed by atoms with E-state index in [0.717, 1.165) is 12.5 Å². The first kappa shape index (κ1) is 32.0. The third-order valence-electron chi connectivity index (χ3n) is 7.86. The Labute approximate surface area is 244 Å². The molecule has 2 aromatic rings. The van der Waals surface area contributed by atoms with Gasteiger partial charge in [-0.3, -0.25) is 0 Å². The molecule has 7 nitrogen and oxygen atoms in total. The molecule has 1 unspecified atom stereocenters.